The Bertz CT molecular complexity index is 517. The van der Waals surface area contributed by atoms with Crippen LogP contribution in [0.2, 0.25) is 0 Å². The number of anilines is 1. The van der Waals surface area contributed by atoms with Gasteiger partial charge in [-0.05, 0) is 56.5 Å². The number of halogens is 2. The molecule has 17 heavy (non-hydrogen) atoms. The van der Waals surface area contributed by atoms with Gasteiger partial charge in [-0.3, -0.25) is 0 Å². The molecule has 0 aliphatic rings. The van der Waals surface area contributed by atoms with Crippen LogP contribution in [0, 0.1) is 6.92 Å². The van der Waals surface area contributed by atoms with Crippen LogP contribution in [0.1, 0.15) is 22.1 Å². The topological polar surface area (TPSA) is 59.1 Å². The third-order valence-electron chi connectivity index (χ3n) is 2.45. The molecule has 2 rings (SSSR count). The Morgan fingerprint density at radius 3 is 2.71 bits per heavy atom. The second-order valence-electron chi connectivity index (χ2n) is 3.60. The average molecular weight is 378 g/mol. The number of thiophene rings is 1. The van der Waals surface area contributed by atoms with Crippen LogP contribution in [0.3, 0.4) is 0 Å². The zero-order valence-corrected chi connectivity index (χ0v) is 12.9. The van der Waals surface area contributed by atoms with E-state index in [-0.39, 0.29) is 0 Å². The van der Waals surface area contributed by atoms with Gasteiger partial charge >= 0.3 is 0 Å². The Hall–Kier alpha value is -0.430. The Kier molecular flexibility index (Phi) is 3.87. The standard InChI is InChI=1S/C11H10Br2N2OS/c1-5-2-3-15-11(14)8(5)9(16)7-4-6(12)10(13)17-7/h2-4,9,16H,1H3,(H2,14,15). The van der Waals surface area contributed by atoms with Crippen molar-refractivity contribution in [2.75, 3.05) is 5.73 Å². The number of nitrogens with zero attached hydrogens (tertiary/aromatic N) is 1. The minimum Gasteiger partial charge on any atom is -0.383 e. The Morgan fingerprint density at radius 2 is 2.18 bits per heavy atom. The van der Waals surface area contributed by atoms with Crippen molar-refractivity contribution in [3.8, 4) is 0 Å². The lowest BCUT2D eigenvalue weighted by atomic mass is 10.0. The largest absolute Gasteiger partial charge is 0.383 e. The average Bonchev–Trinajstić information content (AvgIpc) is 2.59. The number of hydrogen-bond acceptors (Lipinski definition) is 4. The summed E-state index contributed by atoms with van der Waals surface area (Å²) in [5.74, 6) is 0.373. The van der Waals surface area contributed by atoms with Crippen LogP contribution in [-0.2, 0) is 0 Å². The fraction of sp³-hybridized carbons (Fsp3) is 0.182. The summed E-state index contributed by atoms with van der Waals surface area (Å²) >= 11 is 8.28. The molecule has 0 aromatic carbocycles. The molecular weight excluding hydrogens is 368 g/mol. The molecule has 0 aliphatic heterocycles. The molecular formula is C11H10Br2N2OS. The molecule has 0 amide bonds. The molecule has 0 aliphatic carbocycles. The molecule has 2 aromatic rings. The first kappa shape index (κ1) is 13.0. The van der Waals surface area contributed by atoms with Crippen molar-refractivity contribution in [3.63, 3.8) is 0 Å². The maximum Gasteiger partial charge on any atom is 0.129 e. The molecule has 0 saturated heterocycles. The van der Waals surface area contributed by atoms with E-state index in [0.29, 0.717) is 11.4 Å². The summed E-state index contributed by atoms with van der Waals surface area (Å²) in [4.78, 5) is 4.84. The minimum absolute atomic E-state index is 0.373. The monoisotopic (exact) mass is 376 g/mol. The number of pyridine rings is 1. The van der Waals surface area contributed by atoms with Gasteiger partial charge in [0.05, 0.1) is 3.79 Å². The van der Waals surface area contributed by atoms with Crippen molar-refractivity contribution in [1.29, 1.82) is 0 Å². The van der Waals surface area contributed by atoms with E-state index in [1.165, 1.54) is 11.3 Å². The maximum absolute atomic E-state index is 10.3. The van der Waals surface area contributed by atoms with E-state index in [1.54, 1.807) is 6.20 Å². The quantitative estimate of drug-likeness (QED) is 0.839. The van der Waals surface area contributed by atoms with E-state index in [4.69, 9.17) is 5.73 Å². The molecule has 1 atom stereocenters. The number of aryl methyl sites for hydroxylation is 1. The van der Waals surface area contributed by atoms with Crippen LogP contribution in [0.15, 0.2) is 26.6 Å². The smallest absolute Gasteiger partial charge is 0.129 e. The van der Waals surface area contributed by atoms with Crippen molar-refractivity contribution < 1.29 is 5.11 Å². The summed E-state index contributed by atoms with van der Waals surface area (Å²) in [7, 11) is 0. The molecule has 2 aromatic heterocycles. The number of aromatic nitrogens is 1. The van der Waals surface area contributed by atoms with E-state index in [9.17, 15) is 5.11 Å². The van der Waals surface area contributed by atoms with Crippen molar-refractivity contribution >= 4 is 49.0 Å². The van der Waals surface area contributed by atoms with Gasteiger partial charge < -0.3 is 10.8 Å². The molecule has 0 saturated carbocycles. The lowest BCUT2D eigenvalue weighted by molar-refractivity contribution is 0.224. The number of nitrogen functional groups attached to an aromatic ring is 1. The van der Waals surface area contributed by atoms with Crippen LogP contribution in [0.5, 0.6) is 0 Å². The van der Waals surface area contributed by atoms with E-state index in [0.717, 1.165) is 18.7 Å². The van der Waals surface area contributed by atoms with Gasteiger partial charge in [0.1, 0.15) is 11.9 Å². The van der Waals surface area contributed by atoms with Crippen molar-refractivity contribution in [1.82, 2.24) is 4.98 Å². The van der Waals surface area contributed by atoms with Crippen LogP contribution in [0.4, 0.5) is 5.82 Å². The predicted molar refractivity (Wildman–Crippen MR) is 77.2 cm³/mol. The molecule has 3 nitrogen and oxygen atoms in total. The fourth-order valence-electron chi connectivity index (χ4n) is 1.59. The second-order valence-corrected chi connectivity index (χ2v) is 6.86. The van der Waals surface area contributed by atoms with Crippen LogP contribution in [-0.4, -0.2) is 10.1 Å². The molecule has 0 fully saturated rings. The first-order valence-corrected chi connectivity index (χ1v) is 7.24. The summed E-state index contributed by atoms with van der Waals surface area (Å²) < 4.78 is 1.88. The zero-order chi connectivity index (χ0) is 12.6. The summed E-state index contributed by atoms with van der Waals surface area (Å²) in [6, 6.07) is 3.72. The second kappa shape index (κ2) is 5.06. The SMILES string of the molecule is Cc1ccnc(N)c1C(O)c1cc(Br)c(Br)s1. The van der Waals surface area contributed by atoms with E-state index < -0.39 is 6.10 Å². The highest BCUT2D eigenvalue weighted by molar-refractivity contribution is 9.13. The predicted octanol–water partition coefficient (Wildman–Crippen LogP) is 3.64. The van der Waals surface area contributed by atoms with Crippen molar-refractivity contribution in [3.05, 3.63) is 42.6 Å². The van der Waals surface area contributed by atoms with Crippen LogP contribution >= 0.6 is 43.2 Å². The van der Waals surface area contributed by atoms with E-state index >= 15 is 0 Å². The lowest BCUT2D eigenvalue weighted by Crippen LogP contribution is -2.06. The Labute approximate surface area is 120 Å². The van der Waals surface area contributed by atoms with Gasteiger partial charge in [-0.1, -0.05) is 0 Å². The summed E-state index contributed by atoms with van der Waals surface area (Å²) in [6.45, 7) is 1.91. The van der Waals surface area contributed by atoms with Crippen molar-refractivity contribution in [2.24, 2.45) is 0 Å². The van der Waals surface area contributed by atoms with E-state index in [2.05, 4.69) is 36.8 Å². The van der Waals surface area contributed by atoms with Gasteiger partial charge in [-0.25, -0.2) is 4.98 Å². The highest BCUT2D eigenvalue weighted by Crippen LogP contribution is 2.39. The maximum atomic E-state index is 10.3. The van der Waals surface area contributed by atoms with Crippen molar-refractivity contribution in [2.45, 2.75) is 13.0 Å². The zero-order valence-electron chi connectivity index (χ0n) is 8.95. The Morgan fingerprint density at radius 1 is 1.47 bits per heavy atom. The summed E-state index contributed by atoms with van der Waals surface area (Å²) in [5, 5.41) is 10.3. The number of rotatable bonds is 2. The van der Waals surface area contributed by atoms with Gasteiger partial charge in [0.25, 0.3) is 0 Å². The van der Waals surface area contributed by atoms with E-state index in [1.807, 2.05) is 19.1 Å². The number of nitrogens with two attached hydrogens (primary N) is 1. The highest BCUT2D eigenvalue weighted by atomic mass is 79.9. The molecule has 0 spiro atoms. The molecule has 2 heterocycles. The van der Waals surface area contributed by atoms with Gasteiger partial charge in [0.15, 0.2) is 0 Å². The van der Waals surface area contributed by atoms with Gasteiger partial charge in [0.2, 0.25) is 0 Å². The third kappa shape index (κ3) is 2.54. The molecule has 3 N–H and O–H groups in total. The molecule has 90 valence electrons. The minimum atomic E-state index is -0.740. The first-order valence-electron chi connectivity index (χ1n) is 4.84. The van der Waals surface area contributed by atoms with Crippen LogP contribution in [0.25, 0.3) is 0 Å². The number of hydrogen-bond donors (Lipinski definition) is 2. The first-order chi connectivity index (χ1) is 8.00. The van der Waals surface area contributed by atoms with Gasteiger partial charge in [-0.15, -0.1) is 11.3 Å². The third-order valence-corrected chi connectivity index (χ3v) is 5.75. The molecule has 0 radical (unpaired) electrons. The summed E-state index contributed by atoms with van der Waals surface area (Å²) in [5.41, 5.74) is 7.43. The lowest BCUT2D eigenvalue weighted by Gasteiger charge is -2.13. The van der Waals surface area contributed by atoms with Crippen LogP contribution < -0.4 is 5.73 Å². The molecule has 0 bridgehead atoms. The molecule has 1 unspecified atom stereocenters. The van der Waals surface area contributed by atoms with Gasteiger partial charge in [0, 0.05) is 21.1 Å². The molecule has 6 heteroatoms. The van der Waals surface area contributed by atoms with Gasteiger partial charge in [-0.2, -0.15) is 0 Å². The summed E-state index contributed by atoms with van der Waals surface area (Å²) in [6.07, 6.45) is 0.900. The normalized spacial score (nSPS) is 12.7. The number of aliphatic hydroxyl groups excluding tert-OH is 1. The Balaban J connectivity index is 2.47. The fourth-order valence-corrected chi connectivity index (χ4v) is 3.67. The number of aliphatic hydroxyl groups is 1. The highest BCUT2D eigenvalue weighted by Gasteiger charge is 2.19.